The molecule has 3 heterocycles. The smallest absolute Gasteiger partial charge is 0.341 e. The lowest BCUT2D eigenvalue weighted by Crippen LogP contribution is -2.22. The Bertz CT molecular complexity index is 1170. The summed E-state index contributed by atoms with van der Waals surface area (Å²) in [4.78, 5) is 28.9. The minimum absolute atomic E-state index is 0.192. The molecule has 1 N–H and O–H groups in total. The number of hydrogen-bond acceptors (Lipinski definition) is 5. The van der Waals surface area contributed by atoms with Crippen LogP contribution in [0.15, 0.2) is 61.1 Å². The van der Waals surface area contributed by atoms with Crippen molar-refractivity contribution in [2.24, 2.45) is 0 Å². The van der Waals surface area contributed by atoms with Crippen molar-refractivity contribution in [2.45, 2.75) is 20.4 Å². The van der Waals surface area contributed by atoms with Crippen molar-refractivity contribution in [2.75, 3.05) is 6.61 Å². The SMILES string of the molecule is CCOC(=O)c1cnn(-c2ccc(C(=O)NCc3cn4ccccc4n3)cc2)c1C. The monoisotopic (exact) mass is 403 g/mol. The Morgan fingerprint density at radius 3 is 2.67 bits per heavy atom. The van der Waals surface area contributed by atoms with Crippen molar-refractivity contribution >= 4 is 17.5 Å². The second kappa shape index (κ2) is 8.20. The third-order valence-corrected chi connectivity index (χ3v) is 4.72. The fourth-order valence-corrected chi connectivity index (χ4v) is 3.18. The molecule has 0 aliphatic heterocycles. The Kier molecular flexibility index (Phi) is 5.30. The highest BCUT2D eigenvalue weighted by Gasteiger charge is 2.16. The summed E-state index contributed by atoms with van der Waals surface area (Å²) in [6.07, 6.45) is 5.29. The molecule has 0 unspecified atom stereocenters. The van der Waals surface area contributed by atoms with Gasteiger partial charge in [0.05, 0.1) is 36.4 Å². The van der Waals surface area contributed by atoms with Crippen molar-refractivity contribution in [1.82, 2.24) is 24.5 Å². The molecule has 0 bridgehead atoms. The highest BCUT2D eigenvalue weighted by Crippen LogP contribution is 2.16. The molecule has 1 amide bonds. The van der Waals surface area contributed by atoms with Crippen LogP contribution in [0.4, 0.5) is 0 Å². The van der Waals surface area contributed by atoms with Crippen LogP contribution in [-0.4, -0.2) is 37.6 Å². The quantitative estimate of drug-likeness (QED) is 0.500. The summed E-state index contributed by atoms with van der Waals surface area (Å²) >= 11 is 0. The van der Waals surface area contributed by atoms with E-state index < -0.39 is 5.97 Å². The topological polar surface area (TPSA) is 90.5 Å². The Labute approximate surface area is 173 Å². The standard InChI is InChI=1S/C22H21N5O3/c1-3-30-22(29)19-13-24-27(15(19)2)18-9-7-16(8-10-18)21(28)23-12-17-14-26-11-5-4-6-20(26)25-17/h4-11,13-14H,3,12H2,1-2H3,(H,23,28). The first kappa shape index (κ1) is 19.4. The zero-order valence-electron chi connectivity index (χ0n) is 16.7. The number of amides is 1. The van der Waals surface area contributed by atoms with Crippen LogP contribution in [0.25, 0.3) is 11.3 Å². The normalized spacial score (nSPS) is 10.9. The van der Waals surface area contributed by atoms with E-state index in [4.69, 9.17) is 4.74 Å². The molecule has 8 heteroatoms. The Hall–Kier alpha value is -3.94. The van der Waals surface area contributed by atoms with Gasteiger partial charge in [0.25, 0.3) is 5.91 Å². The second-order valence-electron chi connectivity index (χ2n) is 6.70. The average molecular weight is 403 g/mol. The molecule has 4 rings (SSSR count). The fourth-order valence-electron chi connectivity index (χ4n) is 3.18. The zero-order chi connectivity index (χ0) is 21.1. The summed E-state index contributed by atoms with van der Waals surface area (Å²) in [6.45, 7) is 4.21. The van der Waals surface area contributed by atoms with Gasteiger partial charge >= 0.3 is 5.97 Å². The summed E-state index contributed by atoms with van der Waals surface area (Å²) in [7, 11) is 0. The molecule has 0 saturated carbocycles. The number of imidazole rings is 1. The lowest BCUT2D eigenvalue weighted by Gasteiger charge is -2.07. The number of carbonyl (C=O) groups is 2. The van der Waals surface area contributed by atoms with Crippen molar-refractivity contribution in [1.29, 1.82) is 0 Å². The summed E-state index contributed by atoms with van der Waals surface area (Å²) < 4.78 is 8.59. The number of aromatic nitrogens is 4. The lowest BCUT2D eigenvalue weighted by molar-refractivity contribution is 0.0525. The predicted molar refractivity (Wildman–Crippen MR) is 111 cm³/mol. The van der Waals surface area contributed by atoms with Gasteiger partial charge in [0.15, 0.2) is 0 Å². The van der Waals surface area contributed by atoms with Crippen LogP contribution in [0.3, 0.4) is 0 Å². The van der Waals surface area contributed by atoms with Crippen LogP contribution in [-0.2, 0) is 11.3 Å². The highest BCUT2D eigenvalue weighted by atomic mass is 16.5. The molecular weight excluding hydrogens is 382 g/mol. The Morgan fingerprint density at radius 1 is 1.13 bits per heavy atom. The number of hydrogen-bond donors (Lipinski definition) is 1. The molecule has 30 heavy (non-hydrogen) atoms. The molecule has 0 saturated heterocycles. The number of ether oxygens (including phenoxy) is 1. The van der Waals surface area contributed by atoms with Gasteiger partial charge in [0.2, 0.25) is 0 Å². The van der Waals surface area contributed by atoms with Crippen LogP contribution in [0.2, 0.25) is 0 Å². The number of carbonyl (C=O) groups excluding carboxylic acids is 2. The third kappa shape index (κ3) is 3.80. The van der Waals surface area contributed by atoms with Crippen LogP contribution >= 0.6 is 0 Å². The van der Waals surface area contributed by atoms with Gasteiger partial charge in [-0.3, -0.25) is 4.79 Å². The van der Waals surface area contributed by atoms with E-state index in [2.05, 4.69) is 15.4 Å². The van der Waals surface area contributed by atoms with Crippen molar-refractivity contribution in [3.05, 3.63) is 83.6 Å². The van der Waals surface area contributed by atoms with E-state index in [0.29, 0.717) is 30.0 Å². The Morgan fingerprint density at radius 2 is 1.93 bits per heavy atom. The Balaban J connectivity index is 1.44. The van der Waals surface area contributed by atoms with Gasteiger partial charge in [-0.15, -0.1) is 0 Å². The fraction of sp³-hybridized carbons (Fsp3) is 0.182. The van der Waals surface area contributed by atoms with Gasteiger partial charge in [0, 0.05) is 18.0 Å². The maximum Gasteiger partial charge on any atom is 0.341 e. The first-order valence-electron chi connectivity index (χ1n) is 9.60. The minimum atomic E-state index is -0.399. The van der Waals surface area contributed by atoms with E-state index in [0.717, 1.165) is 17.0 Å². The van der Waals surface area contributed by atoms with Crippen molar-refractivity contribution in [3.8, 4) is 5.69 Å². The van der Waals surface area contributed by atoms with E-state index in [1.165, 1.54) is 6.20 Å². The van der Waals surface area contributed by atoms with E-state index in [1.54, 1.807) is 42.8 Å². The molecule has 0 atom stereocenters. The molecule has 0 aliphatic rings. The van der Waals surface area contributed by atoms with E-state index >= 15 is 0 Å². The number of nitrogens with one attached hydrogen (secondary N) is 1. The number of benzene rings is 1. The van der Waals surface area contributed by atoms with Gasteiger partial charge in [-0.05, 0) is 50.2 Å². The minimum Gasteiger partial charge on any atom is -0.462 e. The summed E-state index contributed by atoms with van der Waals surface area (Å²) in [5, 5.41) is 7.15. The molecule has 0 radical (unpaired) electrons. The number of nitrogens with zero attached hydrogens (tertiary/aromatic N) is 4. The number of esters is 1. The highest BCUT2D eigenvalue weighted by molar-refractivity contribution is 5.94. The first-order chi connectivity index (χ1) is 14.6. The number of rotatable bonds is 6. The zero-order valence-corrected chi connectivity index (χ0v) is 16.7. The van der Waals surface area contributed by atoms with Gasteiger partial charge in [-0.25, -0.2) is 14.5 Å². The van der Waals surface area contributed by atoms with Crippen molar-refractivity contribution < 1.29 is 14.3 Å². The van der Waals surface area contributed by atoms with Gasteiger partial charge in [-0.2, -0.15) is 5.10 Å². The predicted octanol–water partition coefficient (Wildman–Crippen LogP) is 2.94. The third-order valence-electron chi connectivity index (χ3n) is 4.72. The van der Waals surface area contributed by atoms with Crippen LogP contribution in [0.1, 0.15) is 39.0 Å². The molecule has 3 aromatic heterocycles. The first-order valence-corrected chi connectivity index (χ1v) is 9.60. The summed E-state index contributed by atoms with van der Waals surface area (Å²) in [5.74, 6) is -0.591. The van der Waals surface area contributed by atoms with Gasteiger partial charge < -0.3 is 14.5 Å². The van der Waals surface area contributed by atoms with Crippen LogP contribution in [0.5, 0.6) is 0 Å². The molecule has 4 aromatic rings. The molecule has 152 valence electrons. The molecular formula is C22H21N5O3. The largest absolute Gasteiger partial charge is 0.462 e. The number of pyridine rings is 1. The van der Waals surface area contributed by atoms with Gasteiger partial charge in [0.1, 0.15) is 11.2 Å². The van der Waals surface area contributed by atoms with Gasteiger partial charge in [-0.1, -0.05) is 6.07 Å². The maximum atomic E-state index is 12.5. The maximum absolute atomic E-state index is 12.5. The molecule has 1 aromatic carbocycles. The molecule has 8 nitrogen and oxygen atoms in total. The van der Waals surface area contributed by atoms with Crippen LogP contribution in [0, 0.1) is 6.92 Å². The van der Waals surface area contributed by atoms with E-state index in [-0.39, 0.29) is 5.91 Å². The van der Waals surface area contributed by atoms with Crippen molar-refractivity contribution in [3.63, 3.8) is 0 Å². The van der Waals surface area contributed by atoms with Crippen LogP contribution < -0.4 is 5.32 Å². The summed E-state index contributed by atoms with van der Waals surface area (Å²) in [6, 6.07) is 12.8. The van der Waals surface area contributed by atoms with E-state index in [9.17, 15) is 9.59 Å². The van der Waals surface area contributed by atoms with E-state index in [1.807, 2.05) is 35.0 Å². The average Bonchev–Trinajstić information content (AvgIpc) is 3.35. The molecule has 0 spiro atoms. The lowest BCUT2D eigenvalue weighted by atomic mass is 10.2. The summed E-state index contributed by atoms with van der Waals surface area (Å²) in [5.41, 5.74) is 3.99. The number of fused-ring (bicyclic) bond motifs is 1. The molecule has 0 aliphatic carbocycles. The second-order valence-corrected chi connectivity index (χ2v) is 6.70. The molecule has 0 fully saturated rings.